The molecule has 24 heavy (non-hydrogen) atoms. The molecule has 1 amide bonds. The van der Waals surface area contributed by atoms with Gasteiger partial charge < -0.3 is 10.1 Å². The van der Waals surface area contributed by atoms with Gasteiger partial charge in [0.15, 0.2) is 11.9 Å². The predicted molar refractivity (Wildman–Crippen MR) is 88.3 cm³/mol. The molecule has 0 unspecified atom stereocenters. The summed E-state index contributed by atoms with van der Waals surface area (Å²) in [7, 11) is 0. The Morgan fingerprint density at radius 1 is 1.17 bits per heavy atom. The molecule has 0 aromatic heterocycles. The number of Topliss-reactive ketones (excluding diaryl/α,β-unsaturated/α-hetero) is 1. The van der Waals surface area contributed by atoms with Gasteiger partial charge in [-0.15, -0.1) is 0 Å². The molecule has 2 aromatic carbocycles. The van der Waals surface area contributed by atoms with Crippen molar-refractivity contribution < 1.29 is 19.2 Å². The highest BCUT2D eigenvalue weighted by molar-refractivity contribution is 5.98. The standard InChI is InChI=1S/C17H16N2O5/c1-11(20)13-4-3-5-14(10-13)18-17(21)12(2)24-16-8-6-15(7-9-16)19(22)23/h3-10,12H,1-2H3,(H,18,21)/t12-/m0/s1. The summed E-state index contributed by atoms with van der Waals surface area (Å²) >= 11 is 0. The maximum Gasteiger partial charge on any atom is 0.269 e. The first-order valence-corrected chi connectivity index (χ1v) is 7.20. The van der Waals surface area contributed by atoms with Gasteiger partial charge in [-0.05, 0) is 38.1 Å². The van der Waals surface area contributed by atoms with E-state index in [0.29, 0.717) is 17.0 Å². The zero-order valence-corrected chi connectivity index (χ0v) is 13.2. The maximum absolute atomic E-state index is 12.1. The molecule has 0 aliphatic carbocycles. The molecule has 0 saturated heterocycles. The molecule has 0 bridgehead atoms. The Morgan fingerprint density at radius 3 is 2.42 bits per heavy atom. The lowest BCUT2D eigenvalue weighted by molar-refractivity contribution is -0.384. The molecule has 0 aliphatic heterocycles. The third kappa shape index (κ3) is 4.39. The van der Waals surface area contributed by atoms with Crippen molar-refractivity contribution in [3.8, 4) is 5.75 Å². The van der Waals surface area contributed by atoms with Crippen LogP contribution < -0.4 is 10.1 Å². The van der Waals surface area contributed by atoms with Crippen LogP contribution in [0.2, 0.25) is 0 Å². The van der Waals surface area contributed by atoms with Crippen LogP contribution in [0.4, 0.5) is 11.4 Å². The number of hydrogen-bond donors (Lipinski definition) is 1. The highest BCUT2D eigenvalue weighted by atomic mass is 16.6. The number of ketones is 1. The number of hydrogen-bond acceptors (Lipinski definition) is 5. The number of ether oxygens (including phenoxy) is 1. The predicted octanol–water partition coefficient (Wildman–Crippen LogP) is 3.20. The zero-order chi connectivity index (χ0) is 17.7. The van der Waals surface area contributed by atoms with Crippen LogP contribution >= 0.6 is 0 Å². The van der Waals surface area contributed by atoms with E-state index in [0.717, 1.165) is 0 Å². The van der Waals surface area contributed by atoms with Gasteiger partial charge in [0, 0.05) is 23.4 Å². The fourth-order valence-electron chi connectivity index (χ4n) is 1.96. The number of nitrogens with zero attached hydrogens (tertiary/aromatic N) is 1. The Morgan fingerprint density at radius 2 is 1.83 bits per heavy atom. The third-order valence-corrected chi connectivity index (χ3v) is 3.27. The zero-order valence-electron chi connectivity index (χ0n) is 13.2. The van der Waals surface area contributed by atoms with E-state index in [1.807, 2.05) is 0 Å². The van der Waals surface area contributed by atoms with E-state index < -0.39 is 16.9 Å². The van der Waals surface area contributed by atoms with Crippen LogP contribution in [0.5, 0.6) is 5.75 Å². The van der Waals surface area contributed by atoms with Crippen LogP contribution in [0.25, 0.3) is 0 Å². The molecule has 0 saturated carbocycles. The number of benzene rings is 2. The summed E-state index contributed by atoms with van der Waals surface area (Å²) in [5, 5.41) is 13.3. The first kappa shape index (κ1) is 17.1. The van der Waals surface area contributed by atoms with E-state index in [2.05, 4.69) is 5.32 Å². The molecule has 1 atom stereocenters. The molecule has 0 aliphatic rings. The van der Waals surface area contributed by atoms with Crippen molar-refractivity contribution in [3.05, 3.63) is 64.2 Å². The highest BCUT2D eigenvalue weighted by Crippen LogP contribution is 2.19. The van der Waals surface area contributed by atoms with Crippen molar-refractivity contribution in [3.63, 3.8) is 0 Å². The van der Waals surface area contributed by atoms with Gasteiger partial charge >= 0.3 is 0 Å². The molecular formula is C17H16N2O5. The van der Waals surface area contributed by atoms with Crippen molar-refractivity contribution in [1.29, 1.82) is 0 Å². The second-order valence-corrected chi connectivity index (χ2v) is 5.14. The molecule has 2 rings (SSSR count). The van der Waals surface area contributed by atoms with Crippen molar-refractivity contribution in [2.24, 2.45) is 0 Å². The van der Waals surface area contributed by atoms with E-state index in [9.17, 15) is 19.7 Å². The third-order valence-electron chi connectivity index (χ3n) is 3.27. The number of nitro groups is 1. The Bertz CT molecular complexity index is 771. The Hall–Kier alpha value is -3.22. The van der Waals surface area contributed by atoms with Crippen LogP contribution in [0.15, 0.2) is 48.5 Å². The molecule has 0 spiro atoms. The number of anilines is 1. The second-order valence-electron chi connectivity index (χ2n) is 5.14. The van der Waals surface area contributed by atoms with Gasteiger partial charge in [-0.2, -0.15) is 0 Å². The first-order valence-electron chi connectivity index (χ1n) is 7.20. The summed E-state index contributed by atoms with van der Waals surface area (Å²) in [6, 6.07) is 12.0. The summed E-state index contributed by atoms with van der Waals surface area (Å²) in [5.74, 6) is -0.143. The van der Waals surface area contributed by atoms with E-state index in [1.54, 1.807) is 31.2 Å². The van der Waals surface area contributed by atoms with E-state index in [4.69, 9.17) is 4.74 Å². The fourth-order valence-corrected chi connectivity index (χ4v) is 1.96. The lowest BCUT2D eigenvalue weighted by Gasteiger charge is -2.15. The lowest BCUT2D eigenvalue weighted by Crippen LogP contribution is -2.30. The van der Waals surface area contributed by atoms with Gasteiger partial charge in [0.05, 0.1) is 4.92 Å². The highest BCUT2D eigenvalue weighted by Gasteiger charge is 2.16. The minimum Gasteiger partial charge on any atom is -0.481 e. The normalized spacial score (nSPS) is 11.4. The fraction of sp³-hybridized carbons (Fsp3) is 0.176. The average Bonchev–Trinajstić information content (AvgIpc) is 2.55. The average molecular weight is 328 g/mol. The van der Waals surface area contributed by atoms with Gasteiger partial charge in [0.1, 0.15) is 5.75 Å². The number of carbonyl (C=O) groups excluding carboxylic acids is 2. The van der Waals surface area contributed by atoms with Crippen LogP contribution in [-0.4, -0.2) is 22.7 Å². The van der Waals surface area contributed by atoms with Gasteiger partial charge in [-0.1, -0.05) is 12.1 Å². The Balaban J connectivity index is 2.00. The molecule has 124 valence electrons. The maximum atomic E-state index is 12.1. The van der Waals surface area contributed by atoms with E-state index >= 15 is 0 Å². The summed E-state index contributed by atoms with van der Waals surface area (Å²) in [4.78, 5) is 33.6. The van der Waals surface area contributed by atoms with Gasteiger partial charge in [-0.25, -0.2) is 0 Å². The summed E-state index contributed by atoms with van der Waals surface area (Å²) in [6.07, 6.45) is -0.813. The first-order chi connectivity index (χ1) is 11.4. The summed E-state index contributed by atoms with van der Waals surface area (Å²) < 4.78 is 5.46. The van der Waals surface area contributed by atoms with Crippen LogP contribution in [0.3, 0.4) is 0 Å². The molecular weight excluding hydrogens is 312 g/mol. The number of non-ortho nitro benzene ring substituents is 1. The molecule has 1 N–H and O–H groups in total. The molecule has 0 fully saturated rings. The van der Waals surface area contributed by atoms with Crippen molar-refractivity contribution in [2.45, 2.75) is 20.0 Å². The topological polar surface area (TPSA) is 98.5 Å². The smallest absolute Gasteiger partial charge is 0.269 e. The molecule has 0 radical (unpaired) electrons. The lowest BCUT2D eigenvalue weighted by atomic mass is 10.1. The SMILES string of the molecule is CC(=O)c1cccc(NC(=O)[C@H](C)Oc2ccc([N+](=O)[O-])cc2)c1. The van der Waals surface area contributed by atoms with Crippen molar-refractivity contribution in [1.82, 2.24) is 0 Å². The molecule has 0 heterocycles. The van der Waals surface area contributed by atoms with Gasteiger partial charge in [-0.3, -0.25) is 19.7 Å². The molecule has 2 aromatic rings. The minimum atomic E-state index is -0.813. The number of nitrogens with one attached hydrogen (secondary N) is 1. The van der Waals surface area contributed by atoms with Crippen molar-refractivity contribution >= 4 is 23.1 Å². The largest absolute Gasteiger partial charge is 0.481 e. The minimum absolute atomic E-state index is 0.0551. The monoisotopic (exact) mass is 328 g/mol. The van der Waals surface area contributed by atoms with Crippen molar-refractivity contribution in [2.75, 3.05) is 5.32 Å². The second kappa shape index (κ2) is 7.36. The van der Waals surface area contributed by atoms with Gasteiger partial charge in [0.25, 0.3) is 11.6 Å². The Labute approximate surface area is 138 Å². The molecule has 7 nitrogen and oxygen atoms in total. The van der Waals surface area contributed by atoms with Crippen LogP contribution in [0.1, 0.15) is 24.2 Å². The number of carbonyl (C=O) groups is 2. The van der Waals surface area contributed by atoms with E-state index in [1.165, 1.54) is 31.2 Å². The van der Waals surface area contributed by atoms with Crippen LogP contribution in [0, 0.1) is 10.1 Å². The number of nitro benzene ring substituents is 1. The number of rotatable bonds is 6. The summed E-state index contributed by atoms with van der Waals surface area (Å²) in [5.41, 5.74) is 0.934. The van der Waals surface area contributed by atoms with Gasteiger partial charge in [0.2, 0.25) is 0 Å². The quantitative estimate of drug-likeness (QED) is 0.499. The van der Waals surface area contributed by atoms with Crippen LogP contribution in [-0.2, 0) is 4.79 Å². The van der Waals surface area contributed by atoms with E-state index in [-0.39, 0.29) is 11.5 Å². The summed E-state index contributed by atoms with van der Waals surface area (Å²) in [6.45, 7) is 3.01. The Kier molecular flexibility index (Phi) is 5.26. The molecule has 7 heteroatoms. The number of amides is 1.